The van der Waals surface area contributed by atoms with Crippen molar-refractivity contribution in [3.8, 4) is 0 Å². The van der Waals surface area contributed by atoms with Crippen molar-refractivity contribution in [3.63, 3.8) is 0 Å². The van der Waals surface area contributed by atoms with Crippen molar-refractivity contribution in [2.45, 2.75) is 32.2 Å². The maximum atomic E-state index is 12.3. The Labute approximate surface area is 122 Å². The highest BCUT2D eigenvalue weighted by Gasteiger charge is 2.28. The zero-order chi connectivity index (χ0) is 14.8. The van der Waals surface area contributed by atoms with Crippen LogP contribution in [0.25, 0.3) is 10.1 Å². The van der Waals surface area contributed by atoms with Gasteiger partial charge >= 0.3 is 0 Å². The number of thiophene rings is 1. The number of benzene rings is 1. The number of nitrogen functional groups attached to an aromatic ring is 1. The summed E-state index contributed by atoms with van der Waals surface area (Å²) in [5.74, 6) is -0.137. The first-order chi connectivity index (χ1) is 9.53. The fraction of sp³-hybridized carbons (Fsp3) is 0.400. The van der Waals surface area contributed by atoms with Crippen molar-refractivity contribution >= 4 is 33.0 Å². The number of hydrogen-bond donors (Lipinski definition) is 3. The van der Waals surface area contributed by atoms with E-state index in [1.165, 1.54) is 11.3 Å². The lowest BCUT2D eigenvalue weighted by atomic mass is 9.94. The molecule has 0 atom stereocenters. The molecule has 0 aliphatic rings. The van der Waals surface area contributed by atoms with Gasteiger partial charge in [-0.05, 0) is 42.5 Å². The van der Waals surface area contributed by atoms with E-state index in [0.717, 1.165) is 10.1 Å². The zero-order valence-corrected chi connectivity index (χ0v) is 12.6. The lowest BCUT2D eigenvalue weighted by Crippen LogP contribution is -2.50. The molecule has 108 valence electrons. The van der Waals surface area contributed by atoms with Gasteiger partial charge in [0.1, 0.15) is 0 Å². The Hall–Kier alpha value is -1.59. The predicted molar refractivity (Wildman–Crippen MR) is 84.1 cm³/mol. The smallest absolute Gasteiger partial charge is 0.261 e. The van der Waals surface area contributed by atoms with E-state index in [2.05, 4.69) is 5.32 Å². The van der Waals surface area contributed by atoms with Gasteiger partial charge in [-0.1, -0.05) is 13.8 Å². The maximum absolute atomic E-state index is 12.3. The summed E-state index contributed by atoms with van der Waals surface area (Å²) in [5.41, 5.74) is 5.90. The Balaban J connectivity index is 2.27. The van der Waals surface area contributed by atoms with Gasteiger partial charge in [-0.2, -0.15) is 0 Å². The van der Waals surface area contributed by atoms with Crippen LogP contribution in [0.4, 0.5) is 5.69 Å². The van der Waals surface area contributed by atoms with E-state index in [-0.39, 0.29) is 12.5 Å². The highest BCUT2D eigenvalue weighted by atomic mass is 32.1. The molecule has 20 heavy (non-hydrogen) atoms. The molecule has 0 saturated carbocycles. The molecular formula is C15H20N2O2S. The Morgan fingerprint density at radius 2 is 2.05 bits per heavy atom. The molecule has 1 amide bonds. The molecule has 2 rings (SSSR count). The van der Waals surface area contributed by atoms with Crippen LogP contribution in [-0.2, 0) is 0 Å². The zero-order valence-electron chi connectivity index (χ0n) is 11.8. The third-order valence-electron chi connectivity index (χ3n) is 3.80. The van der Waals surface area contributed by atoms with Gasteiger partial charge in [0, 0.05) is 10.4 Å². The molecule has 2 aromatic rings. The minimum absolute atomic E-state index is 0.0520. The maximum Gasteiger partial charge on any atom is 0.261 e. The lowest BCUT2D eigenvalue weighted by Gasteiger charge is -2.30. The minimum atomic E-state index is -0.535. The molecule has 5 heteroatoms. The molecule has 0 saturated heterocycles. The van der Waals surface area contributed by atoms with Crippen LogP contribution in [0.3, 0.4) is 0 Å². The number of carbonyl (C=O) groups excluding carboxylic acids is 1. The Bertz CT molecular complexity index is 609. The first kappa shape index (κ1) is 14.8. The second-order valence-corrected chi connectivity index (χ2v) is 6.09. The molecule has 0 fully saturated rings. The van der Waals surface area contributed by atoms with E-state index in [1.54, 1.807) is 0 Å². The number of fused-ring (bicyclic) bond motifs is 1. The van der Waals surface area contributed by atoms with E-state index >= 15 is 0 Å². The second-order valence-electron chi connectivity index (χ2n) is 5.01. The van der Waals surface area contributed by atoms with Crippen LogP contribution in [0, 0.1) is 0 Å². The van der Waals surface area contributed by atoms with Crippen molar-refractivity contribution in [1.82, 2.24) is 5.32 Å². The topological polar surface area (TPSA) is 75.3 Å². The number of amides is 1. The molecule has 4 nitrogen and oxygen atoms in total. The summed E-state index contributed by atoms with van der Waals surface area (Å²) >= 11 is 1.44. The number of anilines is 1. The number of aliphatic hydroxyl groups is 1. The third-order valence-corrected chi connectivity index (χ3v) is 4.91. The molecule has 0 radical (unpaired) electrons. The van der Waals surface area contributed by atoms with Gasteiger partial charge < -0.3 is 16.2 Å². The van der Waals surface area contributed by atoms with Crippen LogP contribution < -0.4 is 11.1 Å². The van der Waals surface area contributed by atoms with Crippen molar-refractivity contribution in [2.75, 3.05) is 12.3 Å². The Kier molecular flexibility index (Phi) is 4.30. The van der Waals surface area contributed by atoms with Gasteiger partial charge in [0.25, 0.3) is 5.91 Å². The number of nitrogens with two attached hydrogens (primary N) is 1. The number of hydrogen-bond acceptors (Lipinski definition) is 4. The van der Waals surface area contributed by atoms with Crippen LogP contribution in [-0.4, -0.2) is 23.2 Å². The van der Waals surface area contributed by atoms with Gasteiger partial charge in [0.05, 0.1) is 17.0 Å². The van der Waals surface area contributed by atoms with Gasteiger partial charge in [0.2, 0.25) is 0 Å². The number of nitrogens with one attached hydrogen (secondary N) is 1. The van der Waals surface area contributed by atoms with E-state index in [1.807, 2.05) is 38.1 Å². The van der Waals surface area contributed by atoms with Crippen LogP contribution >= 0.6 is 11.3 Å². The van der Waals surface area contributed by atoms with Crippen LogP contribution in [0.1, 0.15) is 36.4 Å². The Morgan fingerprint density at radius 3 is 2.65 bits per heavy atom. The number of carbonyl (C=O) groups is 1. The summed E-state index contributed by atoms with van der Waals surface area (Å²) in [7, 11) is 0. The largest absolute Gasteiger partial charge is 0.399 e. The minimum Gasteiger partial charge on any atom is -0.399 e. The molecule has 0 aliphatic heterocycles. The molecule has 4 N–H and O–H groups in total. The van der Waals surface area contributed by atoms with Gasteiger partial charge in [-0.3, -0.25) is 4.79 Å². The lowest BCUT2D eigenvalue weighted by molar-refractivity contribution is 0.0822. The van der Waals surface area contributed by atoms with E-state index in [0.29, 0.717) is 23.4 Å². The fourth-order valence-corrected chi connectivity index (χ4v) is 3.10. The van der Waals surface area contributed by atoms with Crippen molar-refractivity contribution in [1.29, 1.82) is 0 Å². The van der Waals surface area contributed by atoms with Crippen molar-refractivity contribution < 1.29 is 9.90 Å². The first-order valence-electron chi connectivity index (χ1n) is 6.76. The summed E-state index contributed by atoms with van der Waals surface area (Å²) in [6.45, 7) is 3.88. The summed E-state index contributed by atoms with van der Waals surface area (Å²) in [6.07, 6.45) is 1.40. The summed E-state index contributed by atoms with van der Waals surface area (Å²) < 4.78 is 1.03. The summed E-state index contributed by atoms with van der Waals surface area (Å²) in [5, 5.41) is 13.5. The summed E-state index contributed by atoms with van der Waals surface area (Å²) in [6, 6.07) is 7.46. The molecule has 1 aromatic carbocycles. The highest BCUT2D eigenvalue weighted by molar-refractivity contribution is 7.20. The summed E-state index contributed by atoms with van der Waals surface area (Å²) in [4.78, 5) is 13.0. The van der Waals surface area contributed by atoms with Gasteiger partial charge in [-0.25, -0.2) is 0 Å². The second kappa shape index (κ2) is 5.81. The van der Waals surface area contributed by atoms with Crippen LogP contribution in [0.15, 0.2) is 24.3 Å². The molecule has 0 spiro atoms. The van der Waals surface area contributed by atoms with E-state index in [4.69, 9.17) is 5.73 Å². The van der Waals surface area contributed by atoms with Gasteiger partial charge in [0.15, 0.2) is 0 Å². The normalized spacial score (nSPS) is 11.8. The molecular weight excluding hydrogens is 272 g/mol. The highest BCUT2D eigenvalue weighted by Crippen LogP contribution is 2.28. The third kappa shape index (κ3) is 2.78. The monoisotopic (exact) mass is 292 g/mol. The first-order valence-corrected chi connectivity index (χ1v) is 7.57. The molecule has 0 unspecified atom stereocenters. The molecule has 1 heterocycles. The average molecular weight is 292 g/mol. The van der Waals surface area contributed by atoms with Crippen LogP contribution in [0.2, 0.25) is 0 Å². The standard InChI is InChI=1S/C15H20N2O2S/c1-3-15(4-2,9-18)17-14(19)13-8-10-7-11(16)5-6-12(10)20-13/h5-8,18H,3-4,9,16H2,1-2H3,(H,17,19). The SMILES string of the molecule is CCC(CC)(CO)NC(=O)c1cc2cc(N)ccc2s1. The fourth-order valence-electron chi connectivity index (χ4n) is 2.17. The average Bonchev–Trinajstić information content (AvgIpc) is 2.88. The van der Waals surface area contributed by atoms with Crippen molar-refractivity contribution in [2.24, 2.45) is 0 Å². The van der Waals surface area contributed by atoms with E-state index < -0.39 is 5.54 Å². The van der Waals surface area contributed by atoms with Gasteiger partial charge in [-0.15, -0.1) is 11.3 Å². The quantitative estimate of drug-likeness (QED) is 0.742. The van der Waals surface area contributed by atoms with E-state index in [9.17, 15) is 9.90 Å². The van der Waals surface area contributed by atoms with Crippen LogP contribution in [0.5, 0.6) is 0 Å². The Morgan fingerprint density at radius 1 is 1.35 bits per heavy atom. The molecule has 1 aromatic heterocycles. The predicted octanol–water partition coefficient (Wildman–Crippen LogP) is 2.76. The molecule has 0 bridgehead atoms. The number of rotatable bonds is 5. The number of aliphatic hydroxyl groups excluding tert-OH is 1. The molecule has 0 aliphatic carbocycles. The van der Waals surface area contributed by atoms with Crippen molar-refractivity contribution in [3.05, 3.63) is 29.1 Å².